The second-order valence-corrected chi connectivity index (χ2v) is 6.05. The minimum Gasteiger partial charge on any atom is -0.495 e. The molecule has 2 aromatic rings. The molecule has 0 aliphatic carbocycles. The lowest BCUT2D eigenvalue weighted by Crippen LogP contribution is -2.23. The van der Waals surface area contributed by atoms with Gasteiger partial charge in [-0.3, -0.25) is 4.99 Å². The zero-order valence-corrected chi connectivity index (χ0v) is 16.7. The van der Waals surface area contributed by atoms with E-state index in [0.717, 1.165) is 29.2 Å². The van der Waals surface area contributed by atoms with Crippen LogP contribution in [0.25, 0.3) is 0 Å². The van der Waals surface area contributed by atoms with Gasteiger partial charge in [0.25, 0.3) is 0 Å². The molecule has 146 valence electrons. The Balaban J connectivity index is 1.95. The van der Waals surface area contributed by atoms with E-state index in [1.165, 1.54) is 0 Å². The SMILES string of the molecule is CCOc1ccc(CCN=C(N)Nc2ccc(OC)c(Cl)c2)cc1OCC. The molecule has 0 aromatic heterocycles. The first kappa shape index (κ1) is 20.7. The Morgan fingerprint density at radius 3 is 2.41 bits per heavy atom. The number of benzene rings is 2. The molecular formula is C20H26ClN3O3. The van der Waals surface area contributed by atoms with Gasteiger partial charge >= 0.3 is 0 Å². The standard InChI is InChI=1S/C20H26ClN3O3/c1-4-26-18-8-6-14(12-19(18)27-5-2)10-11-23-20(22)24-15-7-9-17(25-3)16(21)13-15/h6-9,12-13H,4-5,10-11H2,1-3H3,(H3,22,23,24). The van der Waals surface area contributed by atoms with Crippen molar-refractivity contribution in [3.05, 3.63) is 47.0 Å². The van der Waals surface area contributed by atoms with E-state index >= 15 is 0 Å². The van der Waals surface area contributed by atoms with Crippen molar-refractivity contribution in [3.63, 3.8) is 0 Å². The highest BCUT2D eigenvalue weighted by Gasteiger charge is 2.06. The summed E-state index contributed by atoms with van der Waals surface area (Å²) in [5, 5.41) is 3.53. The van der Waals surface area contributed by atoms with E-state index in [0.29, 0.717) is 36.5 Å². The van der Waals surface area contributed by atoms with Crippen molar-refractivity contribution < 1.29 is 14.2 Å². The van der Waals surface area contributed by atoms with Crippen LogP contribution in [0.15, 0.2) is 41.4 Å². The second kappa shape index (κ2) is 10.5. The first-order valence-electron chi connectivity index (χ1n) is 8.86. The molecule has 2 rings (SSSR count). The van der Waals surface area contributed by atoms with Crippen molar-refractivity contribution >= 4 is 23.2 Å². The van der Waals surface area contributed by atoms with E-state index in [4.69, 9.17) is 31.5 Å². The first-order valence-corrected chi connectivity index (χ1v) is 9.24. The van der Waals surface area contributed by atoms with Gasteiger partial charge in [-0.1, -0.05) is 17.7 Å². The lowest BCUT2D eigenvalue weighted by Gasteiger charge is -2.12. The molecule has 3 N–H and O–H groups in total. The Labute approximate surface area is 165 Å². The molecule has 0 heterocycles. The van der Waals surface area contributed by atoms with Gasteiger partial charge in [-0.05, 0) is 56.2 Å². The third-order valence-electron chi connectivity index (χ3n) is 3.71. The molecule has 0 saturated heterocycles. The van der Waals surface area contributed by atoms with Gasteiger partial charge in [-0.15, -0.1) is 0 Å². The van der Waals surface area contributed by atoms with Crippen LogP contribution in [-0.4, -0.2) is 32.8 Å². The van der Waals surface area contributed by atoms with Crippen LogP contribution in [0.3, 0.4) is 0 Å². The van der Waals surface area contributed by atoms with E-state index in [9.17, 15) is 0 Å². The van der Waals surface area contributed by atoms with Gasteiger partial charge in [0.05, 0.1) is 25.3 Å². The number of hydrogen-bond acceptors (Lipinski definition) is 4. The first-order chi connectivity index (χ1) is 13.1. The average molecular weight is 392 g/mol. The Kier molecular flexibility index (Phi) is 8.07. The van der Waals surface area contributed by atoms with Crippen LogP contribution in [0.1, 0.15) is 19.4 Å². The molecule has 0 aliphatic heterocycles. The van der Waals surface area contributed by atoms with Gasteiger partial charge in [0.1, 0.15) is 5.75 Å². The molecule has 0 amide bonds. The van der Waals surface area contributed by atoms with Crippen LogP contribution >= 0.6 is 11.6 Å². The molecule has 0 saturated carbocycles. The summed E-state index contributed by atoms with van der Waals surface area (Å²) in [7, 11) is 1.57. The summed E-state index contributed by atoms with van der Waals surface area (Å²) in [6, 6.07) is 11.3. The normalized spacial score (nSPS) is 11.2. The maximum atomic E-state index is 6.11. The molecule has 0 fully saturated rings. The average Bonchev–Trinajstić information content (AvgIpc) is 2.64. The molecule has 0 atom stereocenters. The third-order valence-corrected chi connectivity index (χ3v) is 4.01. The number of halogens is 1. The maximum absolute atomic E-state index is 6.11. The Morgan fingerprint density at radius 2 is 1.74 bits per heavy atom. The van der Waals surface area contributed by atoms with Crippen molar-refractivity contribution in [3.8, 4) is 17.2 Å². The lowest BCUT2D eigenvalue weighted by atomic mass is 10.1. The number of ether oxygens (including phenoxy) is 3. The van der Waals surface area contributed by atoms with Gasteiger partial charge in [-0.2, -0.15) is 0 Å². The molecule has 7 heteroatoms. The molecule has 0 unspecified atom stereocenters. The number of anilines is 1. The summed E-state index contributed by atoms with van der Waals surface area (Å²) in [5.74, 6) is 2.44. The third kappa shape index (κ3) is 6.25. The summed E-state index contributed by atoms with van der Waals surface area (Å²) >= 11 is 6.11. The molecule has 6 nitrogen and oxygen atoms in total. The van der Waals surface area contributed by atoms with Crippen molar-refractivity contribution in [2.45, 2.75) is 20.3 Å². The minimum absolute atomic E-state index is 0.326. The Hall–Kier alpha value is -2.60. The fourth-order valence-electron chi connectivity index (χ4n) is 2.49. The molecule has 0 spiro atoms. The van der Waals surface area contributed by atoms with Gasteiger partial charge in [0.2, 0.25) is 0 Å². The number of aliphatic imine (C=N–C) groups is 1. The molecule has 0 radical (unpaired) electrons. The van der Waals surface area contributed by atoms with Gasteiger partial charge in [0.15, 0.2) is 17.5 Å². The van der Waals surface area contributed by atoms with Gasteiger partial charge in [-0.25, -0.2) is 0 Å². The molecule has 2 aromatic carbocycles. The fraction of sp³-hybridized carbons (Fsp3) is 0.350. The van der Waals surface area contributed by atoms with E-state index in [-0.39, 0.29) is 0 Å². The van der Waals surface area contributed by atoms with Crippen molar-refractivity contribution in [2.24, 2.45) is 10.7 Å². The van der Waals surface area contributed by atoms with E-state index in [1.54, 1.807) is 19.2 Å². The summed E-state index contributed by atoms with van der Waals surface area (Å²) in [6.45, 7) is 5.63. The van der Waals surface area contributed by atoms with Crippen LogP contribution in [0.4, 0.5) is 5.69 Å². The van der Waals surface area contributed by atoms with E-state index < -0.39 is 0 Å². The predicted octanol–water partition coefficient (Wildman–Crippen LogP) is 4.12. The lowest BCUT2D eigenvalue weighted by molar-refractivity contribution is 0.287. The molecule has 0 bridgehead atoms. The minimum atomic E-state index is 0.326. The smallest absolute Gasteiger partial charge is 0.193 e. The maximum Gasteiger partial charge on any atom is 0.193 e. The highest BCUT2D eigenvalue weighted by atomic mass is 35.5. The quantitative estimate of drug-likeness (QED) is 0.496. The number of nitrogens with zero attached hydrogens (tertiary/aromatic N) is 1. The number of hydrogen-bond donors (Lipinski definition) is 2. The molecule has 27 heavy (non-hydrogen) atoms. The molecule has 0 aliphatic rings. The van der Waals surface area contributed by atoms with Crippen molar-refractivity contribution in [2.75, 3.05) is 32.2 Å². The zero-order chi connectivity index (χ0) is 19.6. The van der Waals surface area contributed by atoms with Crippen LogP contribution in [-0.2, 0) is 6.42 Å². The second-order valence-electron chi connectivity index (χ2n) is 5.64. The number of guanidine groups is 1. The van der Waals surface area contributed by atoms with E-state index in [1.807, 2.05) is 38.1 Å². The highest BCUT2D eigenvalue weighted by molar-refractivity contribution is 6.32. The van der Waals surface area contributed by atoms with Gasteiger partial charge < -0.3 is 25.3 Å². The number of nitrogens with two attached hydrogens (primary N) is 1. The Bertz CT molecular complexity index is 781. The van der Waals surface area contributed by atoms with Crippen LogP contribution < -0.4 is 25.3 Å². The summed E-state index contributed by atoms with van der Waals surface area (Å²) in [5.41, 5.74) is 7.81. The predicted molar refractivity (Wildman–Crippen MR) is 111 cm³/mol. The summed E-state index contributed by atoms with van der Waals surface area (Å²) < 4.78 is 16.4. The Morgan fingerprint density at radius 1 is 1.04 bits per heavy atom. The number of rotatable bonds is 9. The van der Waals surface area contributed by atoms with Crippen LogP contribution in [0, 0.1) is 0 Å². The monoisotopic (exact) mass is 391 g/mol. The van der Waals surface area contributed by atoms with Gasteiger partial charge in [0, 0.05) is 12.2 Å². The van der Waals surface area contributed by atoms with Crippen LogP contribution in [0.5, 0.6) is 17.2 Å². The fourth-order valence-corrected chi connectivity index (χ4v) is 2.75. The van der Waals surface area contributed by atoms with Crippen molar-refractivity contribution in [1.82, 2.24) is 0 Å². The van der Waals surface area contributed by atoms with E-state index in [2.05, 4.69) is 10.3 Å². The van der Waals surface area contributed by atoms with Crippen LogP contribution in [0.2, 0.25) is 5.02 Å². The topological polar surface area (TPSA) is 78.1 Å². The number of methoxy groups -OCH3 is 1. The summed E-state index contributed by atoms with van der Waals surface area (Å²) in [4.78, 5) is 4.36. The largest absolute Gasteiger partial charge is 0.495 e. The highest BCUT2D eigenvalue weighted by Crippen LogP contribution is 2.29. The number of nitrogens with one attached hydrogen (secondary N) is 1. The zero-order valence-electron chi connectivity index (χ0n) is 15.9. The van der Waals surface area contributed by atoms with Crippen molar-refractivity contribution in [1.29, 1.82) is 0 Å². The molecular weight excluding hydrogens is 366 g/mol. The summed E-state index contributed by atoms with van der Waals surface area (Å²) in [6.07, 6.45) is 0.734.